The van der Waals surface area contributed by atoms with Gasteiger partial charge in [0.05, 0.1) is 17.8 Å². The van der Waals surface area contributed by atoms with Crippen molar-refractivity contribution in [2.75, 3.05) is 13.7 Å². The standard InChI is InChI=1S/C21H20BrN5O4/c1-4-27-16-8-6-5-7-13(16)19(21(27)29)26-25-17(28)11-31-20-14(9-23)15(10-30-3)18(22)12(2)24-20/h5-8,29H,4,10-11H2,1-3H3. The number of para-hydroxylation sites is 1. The number of amides is 1. The minimum Gasteiger partial charge on any atom is -0.493 e. The van der Waals surface area contributed by atoms with Gasteiger partial charge in [-0.3, -0.25) is 4.79 Å². The molecule has 0 aliphatic carbocycles. The van der Waals surface area contributed by atoms with Crippen molar-refractivity contribution in [3.05, 3.63) is 45.6 Å². The van der Waals surface area contributed by atoms with Gasteiger partial charge in [0.2, 0.25) is 11.8 Å². The zero-order chi connectivity index (χ0) is 22.5. The van der Waals surface area contributed by atoms with Crippen LogP contribution >= 0.6 is 15.9 Å². The topological polar surface area (TPSA) is 122 Å². The molecule has 0 aliphatic heterocycles. The number of hydrogen-bond acceptors (Lipinski definition) is 7. The fourth-order valence-corrected chi connectivity index (χ4v) is 3.57. The maximum atomic E-state index is 12.3. The number of carbonyl (C=O) groups excluding carboxylic acids is 1. The molecule has 1 aromatic carbocycles. The zero-order valence-electron chi connectivity index (χ0n) is 17.2. The van der Waals surface area contributed by atoms with E-state index in [1.54, 1.807) is 17.6 Å². The number of pyridine rings is 1. The Balaban J connectivity index is 1.82. The molecular weight excluding hydrogens is 466 g/mol. The van der Waals surface area contributed by atoms with Crippen molar-refractivity contribution in [2.24, 2.45) is 10.2 Å². The van der Waals surface area contributed by atoms with E-state index in [1.807, 2.05) is 31.2 Å². The average Bonchev–Trinajstić information content (AvgIpc) is 3.04. The lowest BCUT2D eigenvalue weighted by Gasteiger charge is -2.12. The van der Waals surface area contributed by atoms with E-state index >= 15 is 0 Å². The van der Waals surface area contributed by atoms with Crippen molar-refractivity contribution in [2.45, 2.75) is 27.0 Å². The van der Waals surface area contributed by atoms with Gasteiger partial charge >= 0.3 is 5.91 Å². The Bertz CT molecular complexity index is 1210. The van der Waals surface area contributed by atoms with E-state index in [0.717, 1.165) is 5.52 Å². The van der Waals surface area contributed by atoms with Gasteiger partial charge in [0.25, 0.3) is 0 Å². The highest BCUT2D eigenvalue weighted by Crippen LogP contribution is 2.38. The number of aromatic hydroxyl groups is 1. The molecule has 0 atom stereocenters. The summed E-state index contributed by atoms with van der Waals surface area (Å²) in [6.45, 7) is 3.88. The summed E-state index contributed by atoms with van der Waals surface area (Å²) in [6, 6.07) is 9.35. The Morgan fingerprint density at radius 3 is 2.81 bits per heavy atom. The fourth-order valence-electron chi connectivity index (χ4n) is 3.17. The van der Waals surface area contributed by atoms with E-state index in [2.05, 4.69) is 31.1 Å². The number of aromatic nitrogens is 2. The van der Waals surface area contributed by atoms with Gasteiger partial charge in [-0.05, 0) is 35.8 Å². The molecule has 0 fully saturated rings. The summed E-state index contributed by atoms with van der Waals surface area (Å²) in [5.41, 5.74) is 2.35. The molecule has 2 aromatic heterocycles. The summed E-state index contributed by atoms with van der Waals surface area (Å²) in [7, 11) is 1.51. The minimum absolute atomic E-state index is 0.0178. The molecule has 0 unspecified atom stereocenters. The molecule has 0 radical (unpaired) electrons. The number of rotatable bonds is 7. The first-order valence-corrected chi connectivity index (χ1v) is 10.2. The van der Waals surface area contributed by atoms with Crippen LogP contribution in [0.4, 0.5) is 5.69 Å². The van der Waals surface area contributed by atoms with Crippen LogP contribution in [-0.4, -0.2) is 34.3 Å². The molecule has 1 amide bonds. The molecule has 2 heterocycles. The minimum atomic E-state index is -0.688. The second kappa shape index (κ2) is 9.68. The monoisotopic (exact) mass is 485 g/mol. The molecule has 3 rings (SSSR count). The van der Waals surface area contributed by atoms with Gasteiger partial charge in [-0.1, -0.05) is 18.2 Å². The number of carbonyl (C=O) groups is 1. The number of nitriles is 1. The summed E-state index contributed by atoms with van der Waals surface area (Å²) < 4.78 is 12.9. The average molecular weight is 486 g/mol. The third-order valence-electron chi connectivity index (χ3n) is 4.60. The molecule has 1 N–H and O–H groups in total. The van der Waals surface area contributed by atoms with Crippen LogP contribution < -0.4 is 4.74 Å². The smallest absolute Gasteiger partial charge is 0.302 e. The predicted molar refractivity (Wildman–Crippen MR) is 116 cm³/mol. The van der Waals surface area contributed by atoms with E-state index in [9.17, 15) is 15.2 Å². The predicted octanol–water partition coefficient (Wildman–Crippen LogP) is 4.54. The van der Waals surface area contributed by atoms with Crippen LogP contribution in [0.15, 0.2) is 39.0 Å². The Morgan fingerprint density at radius 1 is 1.39 bits per heavy atom. The van der Waals surface area contributed by atoms with Crippen molar-refractivity contribution in [1.82, 2.24) is 9.55 Å². The Labute approximate surface area is 187 Å². The highest BCUT2D eigenvalue weighted by molar-refractivity contribution is 9.10. The van der Waals surface area contributed by atoms with Crippen molar-refractivity contribution in [3.63, 3.8) is 0 Å². The number of ether oxygens (including phenoxy) is 2. The maximum absolute atomic E-state index is 12.3. The molecule has 9 nitrogen and oxygen atoms in total. The third kappa shape index (κ3) is 4.42. The Morgan fingerprint density at radius 2 is 2.13 bits per heavy atom. The lowest BCUT2D eigenvalue weighted by atomic mass is 10.1. The van der Waals surface area contributed by atoms with Gasteiger partial charge < -0.3 is 19.1 Å². The summed E-state index contributed by atoms with van der Waals surface area (Å²) in [4.78, 5) is 16.5. The number of aryl methyl sites for hydroxylation is 2. The molecule has 160 valence electrons. The second-order valence-corrected chi connectivity index (χ2v) is 7.32. The molecule has 10 heteroatoms. The van der Waals surface area contributed by atoms with E-state index in [0.29, 0.717) is 27.7 Å². The highest BCUT2D eigenvalue weighted by atomic mass is 79.9. The van der Waals surface area contributed by atoms with Gasteiger partial charge in [0, 0.05) is 29.1 Å². The number of hydrogen-bond donors (Lipinski definition) is 1. The molecule has 0 saturated carbocycles. The third-order valence-corrected chi connectivity index (χ3v) is 5.65. The summed E-state index contributed by atoms with van der Waals surface area (Å²) in [6.07, 6.45) is 0. The molecule has 31 heavy (non-hydrogen) atoms. The summed E-state index contributed by atoms with van der Waals surface area (Å²) in [5, 5.41) is 28.2. The van der Waals surface area contributed by atoms with Crippen LogP contribution in [0.25, 0.3) is 10.9 Å². The van der Waals surface area contributed by atoms with Gasteiger partial charge in [0.1, 0.15) is 11.6 Å². The molecule has 0 saturated heterocycles. The van der Waals surface area contributed by atoms with Crippen LogP contribution in [-0.2, 0) is 22.7 Å². The number of methoxy groups -OCH3 is 1. The van der Waals surface area contributed by atoms with Crippen molar-refractivity contribution >= 4 is 38.4 Å². The number of azo groups is 1. The fraction of sp³-hybridized carbons (Fsp3) is 0.286. The van der Waals surface area contributed by atoms with Crippen LogP contribution in [0.2, 0.25) is 0 Å². The van der Waals surface area contributed by atoms with Gasteiger partial charge in [0.15, 0.2) is 12.3 Å². The number of fused-ring (bicyclic) bond motifs is 1. The quantitative estimate of drug-likeness (QED) is 0.490. The summed E-state index contributed by atoms with van der Waals surface area (Å²) >= 11 is 3.40. The SMILES string of the molecule is CCn1c(O)c(N=NC(=O)COc2nc(C)c(Br)c(COC)c2C#N)c2ccccc21. The molecule has 0 bridgehead atoms. The van der Waals surface area contributed by atoms with Crippen molar-refractivity contribution in [3.8, 4) is 17.8 Å². The summed E-state index contributed by atoms with van der Waals surface area (Å²) in [5.74, 6) is -0.737. The largest absolute Gasteiger partial charge is 0.493 e. The molecular formula is C21H20BrN5O4. The lowest BCUT2D eigenvalue weighted by Crippen LogP contribution is -2.12. The van der Waals surface area contributed by atoms with Crippen LogP contribution in [0.3, 0.4) is 0 Å². The van der Waals surface area contributed by atoms with Crippen LogP contribution in [0.1, 0.15) is 23.7 Å². The van der Waals surface area contributed by atoms with Crippen LogP contribution in [0, 0.1) is 18.3 Å². The number of nitrogens with zero attached hydrogens (tertiary/aromatic N) is 5. The first-order valence-electron chi connectivity index (χ1n) is 9.38. The first-order chi connectivity index (χ1) is 14.9. The van der Waals surface area contributed by atoms with E-state index in [1.165, 1.54) is 7.11 Å². The zero-order valence-corrected chi connectivity index (χ0v) is 18.8. The second-order valence-electron chi connectivity index (χ2n) is 6.53. The van der Waals surface area contributed by atoms with E-state index in [4.69, 9.17) is 9.47 Å². The lowest BCUT2D eigenvalue weighted by molar-refractivity contribution is -0.120. The normalized spacial score (nSPS) is 11.2. The Kier molecular flexibility index (Phi) is 6.99. The van der Waals surface area contributed by atoms with Gasteiger partial charge in [-0.2, -0.15) is 5.26 Å². The highest BCUT2D eigenvalue weighted by Gasteiger charge is 2.19. The van der Waals surface area contributed by atoms with Crippen molar-refractivity contribution < 1.29 is 19.4 Å². The van der Waals surface area contributed by atoms with Crippen molar-refractivity contribution in [1.29, 1.82) is 5.26 Å². The van der Waals surface area contributed by atoms with Crippen LogP contribution in [0.5, 0.6) is 11.8 Å². The van der Waals surface area contributed by atoms with E-state index < -0.39 is 12.5 Å². The first kappa shape index (κ1) is 22.4. The van der Waals surface area contributed by atoms with Gasteiger partial charge in [-0.15, -0.1) is 10.2 Å². The molecule has 0 spiro atoms. The molecule has 3 aromatic rings. The maximum Gasteiger partial charge on any atom is 0.302 e. The Hall–Kier alpha value is -3.29. The number of benzene rings is 1. The van der Waals surface area contributed by atoms with Gasteiger partial charge in [-0.25, -0.2) is 4.98 Å². The number of halogens is 1. The molecule has 0 aliphatic rings. The van der Waals surface area contributed by atoms with E-state index in [-0.39, 0.29) is 29.6 Å².